The largest absolute Gasteiger partial charge is 0.419 e. The van der Waals surface area contributed by atoms with Gasteiger partial charge in [0.2, 0.25) is 0 Å². The first-order valence-corrected chi connectivity index (χ1v) is 7.38. The Morgan fingerprint density at radius 1 is 0.966 bits per heavy atom. The molecule has 0 fully saturated rings. The van der Waals surface area contributed by atoms with E-state index < -0.39 is 46.6 Å². The van der Waals surface area contributed by atoms with Crippen molar-refractivity contribution in [2.24, 2.45) is 0 Å². The molecule has 2 aromatic heterocycles. The highest BCUT2D eigenvalue weighted by molar-refractivity contribution is 6.01. The van der Waals surface area contributed by atoms with Gasteiger partial charge in [-0.15, -0.1) is 0 Å². The molecule has 0 saturated carbocycles. The van der Waals surface area contributed by atoms with E-state index in [-0.39, 0.29) is 5.69 Å². The van der Waals surface area contributed by atoms with E-state index in [0.29, 0.717) is 17.0 Å². The van der Waals surface area contributed by atoms with Gasteiger partial charge in [-0.3, -0.25) is 4.90 Å². The molecule has 0 aliphatic carbocycles. The topological polar surface area (TPSA) is 106 Å². The van der Waals surface area contributed by atoms with Crippen LogP contribution in [0.5, 0.6) is 0 Å². The summed E-state index contributed by atoms with van der Waals surface area (Å²) in [7, 11) is 1.04. The normalized spacial score (nSPS) is 11.3. The fraction of sp³-hybridized carbons (Fsp3) is 0.188. The SMILES string of the molecule is CN(C(=O)Nc1cnc(C#N)c(C(F)(F)F)c1)c1cnc(C#N)c(C(F)(F)F)c1. The van der Waals surface area contributed by atoms with Crippen molar-refractivity contribution in [3.63, 3.8) is 0 Å². The highest BCUT2D eigenvalue weighted by atomic mass is 19.4. The maximum absolute atomic E-state index is 13.0. The molecule has 0 aliphatic rings. The highest BCUT2D eigenvalue weighted by Crippen LogP contribution is 2.34. The standard InChI is InChI=1S/C16H8F6N6O/c1-28(9-3-11(16(20,21)22)13(5-24)26-7-9)14(29)27-8-2-10(15(17,18)19)12(4-23)25-6-8/h2-3,6-7H,1H3,(H,27,29). The number of alkyl halides is 6. The maximum Gasteiger partial charge on any atom is 0.419 e. The maximum atomic E-state index is 13.0. The summed E-state index contributed by atoms with van der Waals surface area (Å²) in [4.78, 5) is 19.5. The lowest BCUT2D eigenvalue weighted by atomic mass is 10.1. The van der Waals surface area contributed by atoms with Gasteiger partial charge in [0.25, 0.3) is 0 Å². The summed E-state index contributed by atoms with van der Waals surface area (Å²) in [6.45, 7) is 0. The number of nitrogens with one attached hydrogen (secondary N) is 1. The van der Waals surface area contributed by atoms with Crippen LogP contribution in [0.15, 0.2) is 24.5 Å². The van der Waals surface area contributed by atoms with Crippen LogP contribution in [0.4, 0.5) is 42.5 Å². The molecule has 0 spiro atoms. The van der Waals surface area contributed by atoms with Crippen LogP contribution < -0.4 is 10.2 Å². The van der Waals surface area contributed by atoms with E-state index in [4.69, 9.17) is 10.5 Å². The van der Waals surface area contributed by atoms with Crippen molar-refractivity contribution in [1.82, 2.24) is 9.97 Å². The lowest BCUT2D eigenvalue weighted by Gasteiger charge is -2.20. The van der Waals surface area contributed by atoms with Crippen molar-refractivity contribution < 1.29 is 31.1 Å². The number of hydrogen-bond acceptors (Lipinski definition) is 5. The van der Waals surface area contributed by atoms with Crippen molar-refractivity contribution in [3.05, 3.63) is 47.0 Å². The number of amides is 2. The van der Waals surface area contributed by atoms with E-state index in [1.807, 2.05) is 5.32 Å². The zero-order chi connectivity index (χ0) is 22.0. The number of carbonyl (C=O) groups is 1. The summed E-state index contributed by atoms with van der Waals surface area (Å²) in [5.74, 6) is 0. The number of carbonyl (C=O) groups excluding carboxylic acids is 1. The summed E-state index contributed by atoms with van der Waals surface area (Å²) in [5, 5.41) is 19.5. The minimum Gasteiger partial charge on any atom is -0.306 e. The number of urea groups is 1. The van der Waals surface area contributed by atoms with Crippen LogP contribution in [0.1, 0.15) is 22.5 Å². The quantitative estimate of drug-likeness (QED) is 0.750. The molecule has 2 heterocycles. The molecule has 29 heavy (non-hydrogen) atoms. The van der Waals surface area contributed by atoms with Gasteiger partial charge in [0.15, 0.2) is 11.4 Å². The Labute approximate surface area is 158 Å². The predicted octanol–water partition coefficient (Wildman–Crippen LogP) is 3.93. The Balaban J connectivity index is 2.33. The predicted molar refractivity (Wildman–Crippen MR) is 85.3 cm³/mol. The van der Waals surface area contributed by atoms with E-state index in [9.17, 15) is 31.1 Å². The van der Waals surface area contributed by atoms with E-state index in [1.54, 1.807) is 0 Å². The molecule has 13 heteroatoms. The van der Waals surface area contributed by atoms with Gasteiger partial charge in [-0.1, -0.05) is 0 Å². The Morgan fingerprint density at radius 3 is 1.93 bits per heavy atom. The van der Waals surface area contributed by atoms with Crippen molar-refractivity contribution in [3.8, 4) is 12.1 Å². The zero-order valence-electron chi connectivity index (χ0n) is 14.2. The summed E-state index contributed by atoms with van der Waals surface area (Å²) in [5.41, 5.74) is -5.38. The molecule has 150 valence electrons. The van der Waals surface area contributed by atoms with Crippen LogP contribution in [-0.2, 0) is 12.4 Å². The van der Waals surface area contributed by atoms with Crippen molar-refractivity contribution in [1.29, 1.82) is 10.5 Å². The Hall–Kier alpha value is -3.87. The van der Waals surface area contributed by atoms with Gasteiger partial charge in [-0.2, -0.15) is 36.9 Å². The molecule has 2 aromatic rings. The van der Waals surface area contributed by atoms with E-state index >= 15 is 0 Å². The molecule has 0 aliphatic heterocycles. The highest BCUT2D eigenvalue weighted by Gasteiger charge is 2.36. The number of aromatic nitrogens is 2. The second-order valence-corrected chi connectivity index (χ2v) is 5.42. The van der Waals surface area contributed by atoms with E-state index in [2.05, 4.69) is 9.97 Å². The number of anilines is 2. The first-order valence-electron chi connectivity index (χ1n) is 7.38. The lowest BCUT2D eigenvalue weighted by molar-refractivity contribution is -0.138. The van der Waals surface area contributed by atoms with Crippen LogP contribution >= 0.6 is 0 Å². The molecule has 0 aromatic carbocycles. The van der Waals surface area contributed by atoms with Gasteiger partial charge in [-0.05, 0) is 12.1 Å². The third-order valence-electron chi connectivity index (χ3n) is 3.53. The first-order chi connectivity index (χ1) is 13.4. The number of pyridine rings is 2. The number of hydrogen-bond donors (Lipinski definition) is 1. The molecular weight excluding hydrogens is 406 g/mol. The molecule has 0 radical (unpaired) electrons. The molecule has 0 unspecified atom stereocenters. The van der Waals surface area contributed by atoms with Gasteiger partial charge in [0.05, 0.1) is 34.9 Å². The van der Waals surface area contributed by atoms with E-state index in [1.165, 1.54) is 12.1 Å². The van der Waals surface area contributed by atoms with Crippen LogP contribution in [0.2, 0.25) is 0 Å². The minimum absolute atomic E-state index is 0.369. The Morgan fingerprint density at radius 2 is 1.45 bits per heavy atom. The number of rotatable bonds is 2. The fourth-order valence-corrected chi connectivity index (χ4v) is 2.11. The molecule has 1 N–H and O–H groups in total. The summed E-state index contributed by atoms with van der Waals surface area (Å²) in [6, 6.07) is 2.41. The fourth-order valence-electron chi connectivity index (χ4n) is 2.11. The van der Waals surface area contributed by atoms with Crippen molar-refractivity contribution in [2.75, 3.05) is 17.3 Å². The van der Waals surface area contributed by atoms with Gasteiger partial charge in [0, 0.05) is 7.05 Å². The summed E-state index contributed by atoms with van der Waals surface area (Å²) in [6.07, 6.45) is -8.21. The average Bonchev–Trinajstić information content (AvgIpc) is 2.65. The molecule has 2 rings (SSSR count). The molecule has 7 nitrogen and oxygen atoms in total. The Bertz CT molecular complexity index is 1030. The van der Waals surface area contributed by atoms with Crippen LogP contribution in [0.25, 0.3) is 0 Å². The second-order valence-electron chi connectivity index (χ2n) is 5.42. The third kappa shape index (κ3) is 4.70. The van der Waals surface area contributed by atoms with Gasteiger partial charge < -0.3 is 5.32 Å². The van der Waals surface area contributed by atoms with Crippen LogP contribution in [0, 0.1) is 22.7 Å². The van der Waals surface area contributed by atoms with Crippen LogP contribution in [0.3, 0.4) is 0 Å². The van der Waals surface area contributed by atoms with Crippen molar-refractivity contribution in [2.45, 2.75) is 12.4 Å². The first kappa shape index (κ1) is 21.4. The lowest BCUT2D eigenvalue weighted by Crippen LogP contribution is -2.32. The second kappa shape index (κ2) is 7.63. The monoisotopic (exact) mass is 414 g/mol. The van der Waals surface area contributed by atoms with Crippen LogP contribution in [-0.4, -0.2) is 23.0 Å². The number of halogens is 6. The van der Waals surface area contributed by atoms with Crippen molar-refractivity contribution >= 4 is 17.4 Å². The van der Waals surface area contributed by atoms with Gasteiger partial charge in [-0.25, -0.2) is 14.8 Å². The molecule has 0 saturated heterocycles. The molecule has 2 amide bonds. The summed E-state index contributed by atoms with van der Waals surface area (Å²) >= 11 is 0. The smallest absolute Gasteiger partial charge is 0.306 e. The Kier molecular flexibility index (Phi) is 5.64. The van der Waals surface area contributed by atoms with E-state index in [0.717, 1.165) is 19.4 Å². The van der Waals surface area contributed by atoms with Gasteiger partial charge in [0.1, 0.15) is 12.1 Å². The molecule has 0 atom stereocenters. The minimum atomic E-state index is -4.91. The number of nitrogens with zero attached hydrogens (tertiary/aromatic N) is 5. The number of nitriles is 2. The average molecular weight is 414 g/mol. The molecular formula is C16H8F6N6O. The van der Waals surface area contributed by atoms with Gasteiger partial charge >= 0.3 is 18.4 Å². The summed E-state index contributed by atoms with van der Waals surface area (Å²) < 4.78 is 77.9. The zero-order valence-corrected chi connectivity index (χ0v) is 14.2. The third-order valence-corrected chi connectivity index (χ3v) is 3.53. The molecule has 0 bridgehead atoms.